The maximum absolute atomic E-state index is 11.5. The minimum absolute atomic E-state index is 0.0756. The summed E-state index contributed by atoms with van der Waals surface area (Å²) < 4.78 is 4.81. The zero-order chi connectivity index (χ0) is 11.7. The molecule has 1 amide bonds. The number of methoxy groups -OCH3 is 1. The van der Waals surface area contributed by atoms with Gasteiger partial charge in [-0.2, -0.15) is 0 Å². The molecule has 1 aliphatic rings. The Morgan fingerprint density at radius 2 is 2.07 bits per heavy atom. The van der Waals surface area contributed by atoms with Crippen LogP contribution < -0.4 is 0 Å². The van der Waals surface area contributed by atoms with E-state index < -0.39 is 23.5 Å². The van der Waals surface area contributed by atoms with Crippen LogP contribution in [0.15, 0.2) is 11.3 Å². The first-order chi connectivity index (χ1) is 6.91. The van der Waals surface area contributed by atoms with Gasteiger partial charge in [0, 0.05) is 7.11 Å². The molecule has 84 valence electrons. The van der Waals surface area contributed by atoms with Gasteiger partial charge in [-0.15, -0.1) is 0 Å². The van der Waals surface area contributed by atoms with E-state index in [1.807, 2.05) is 0 Å². The Bertz CT molecular complexity index is 335. The molecule has 0 aromatic heterocycles. The maximum atomic E-state index is 11.5. The Labute approximate surface area is 92.3 Å². The van der Waals surface area contributed by atoms with Crippen molar-refractivity contribution in [1.82, 2.24) is 4.90 Å². The predicted octanol–water partition coefficient (Wildman–Crippen LogP) is 0.787. The van der Waals surface area contributed by atoms with E-state index in [2.05, 4.69) is 0 Å². The van der Waals surface area contributed by atoms with Crippen LogP contribution in [0.2, 0.25) is 0 Å². The van der Waals surface area contributed by atoms with E-state index in [0.717, 1.165) is 4.90 Å². The highest BCUT2D eigenvalue weighted by atomic mass is 35.5. The second-order valence-electron chi connectivity index (χ2n) is 3.39. The van der Waals surface area contributed by atoms with Crippen LogP contribution >= 0.6 is 11.6 Å². The van der Waals surface area contributed by atoms with E-state index in [1.54, 1.807) is 13.8 Å². The van der Waals surface area contributed by atoms with Crippen LogP contribution in [0.4, 0.5) is 0 Å². The monoisotopic (exact) mass is 233 g/mol. The van der Waals surface area contributed by atoms with Gasteiger partial charge in [-0.25, -0.2) is 4.79 Å². The molecular formula is C9H12ClNO4. The molecule has 1 rings (SSSR count). The number of allylic oxidation sites excluding steroid dienone is 1. The molecule has 2 atom stereocenters. The Kier molecular flexibility index (Phi) is 3.36. The third-order valence-electron chi connectivity index (χ3n) is 2.15. The molecule has 0 radical (unpaired) electrons. The molecule has 0 spiro atoms. The summed E-state index contributed by atoms with van der Waals surface area (Å²) in [6.45, 7) is 3.22. The molecule has 5 nitrogen and oxygen atoms in total. The summed E-state index contributed by atoms with van der Waals surface area (Å²) in [5.74, 6) is -1.58. The van der Waals surface area contributed by atoms with Crippen molar-refractivity contribution in [1.29, 1.82) is 0 Å². The molecule has 1 heterocycles. The number of carbonyl (C=O) groups excluding carboxylic acids is 1. The SMILES string of the molecule is COC1C(=O)N(C(C(=O)O)=C(C)C)C1Cl. The van der Waals surface area contributed by atoms with Gasteiger partial charge in [0.2, 0.25) is 0 Å². The smallest absolute Gasteiger partial charge is 0.352 e. The molecule has 15 heavy (non-hydrogen) atoms. The summed E-state index contributed by atoms with van der Waals surface area (Å²) in [4.78, 5) is 23.4. The number of likely N-dealkylation sites (tertiary alicyclic amines) is 1. The summed E-state index contributed by atoms with van der Waals surface area (Å²) in [6.07, 6.45) is -0.750. The van der Waals surface area contributed by atoms with Crippen LogP contribution in [0, 0.1) is 0 Å². The summed E-state index contributed by atoms with van der Waals surface area (Å²) >= 11 is 5.84. The normalized spacial score (nSPS) is 24.8. The number of aliphatic carboxylic acids is 1. The highest BCUT2D eigenvalue weighted by Gasteiger charge is 2.50. The van der Waals surface area contributed by atoms with Crippen molar-refractivity contribution in [3.05, 3.63) is 11.3 Å². The Morgan fingerprint density at radius 3 is 2.33 bits per heavy atom. The van der Waals surface area contributed by atoms with Crippen molar-refractivity contribution in [3.63, 3.8) is 0 Å². The van der Waals surface area contributed by atoms with Gasteiger partial charge >= 0.3 is 5.97 Å². The lowest BCUT2D eigenvalue weighted by Gasteiger charge is -2.42. The van der Waals surface area contributed by atoms with Gasteiger partial charge in [-0.1, -0.05) is 11.6 Å². The van der Waals surface area contributed by atoms with Crippen molar-refractivity contribution in [2.24, 2.45) is 0 Å². The highest BCUT2D eigenvalue weighted by molar-refractivity contribution is 6.27. The molecule has 0 bridgehead atoms. The molecule has 1 fully saturated rings. The number of carbonyl (C=O) groups is 2. The Balaban J connectivity index is 2.96. The fourth-order valence-electron chi connectivity index (χ4n) is 1.43. The largest absolute Gasteiger partial charge is 0.477 e. The number of amides is 1. The number of alkyl halides is 1. The van der Waals surface area contributed by atoms with Crippen molar-refractivity contribution in [2.75, 3.05) is 7.11 Å². The number of carboxylic acids is 1. The minimum atomic E-state index is -1.16. The molecule has 6 heteroatoms. The van der Waals surface area contributed by atoms with Crippen LogP contribution in [0.5, 0.6) is 0 Å². The number of ether oxygens (including phenoxy) is 1. The van der Waals surface area contributed by atoms with Gasteiger partial charge in [-0.05, 0) is 19.4 Å². The van der Waals surface area contributed by atoms with Gasteiger partial charge in [0.1, 0.15) is 11.2 Å². The van der Waals surface area contributed by atoms with Crippen molar-refractivity contribution in [3.8, 4) is 0 Å². The molecule has 2 unspecified atom stereocenters. The van der Waals surface area contributed by atoms with Crippen LogP contribution in [-0.2, 0) is 14.3 Å². The summed E-state index contributed by atoms with van der Waals surface area (Å²) in [7, 11) is 1.36. The molecule has 1 saturated heterocycles. The van der Waals surface area contributed by atoms with Gasteiger partial charge in [-0.3, -0.25) is 9.69 Å². The molecule has 0 aromatic carbocycles. The lowest BCUT2D eigenvalue weighted by atomic mass is 10.1. The standard InChI is InChI=1S/C9H12ClNO4/c1-4(2)5(9(13)14)11-7(10)6(15-3)8(11)12/h6-7H,1-3H3,(H,13,14). The Morgan fingerprint density at radius 1 is 1.53 bits per heavy atom. The number of nitrogens with zero attached hydrogens (tertiary/aromatic N) is 1. The van der Waals surface area contributed by atoms with E-state index >= 15 is 0 Å². The quantitative estimate of drug-likeness (QED) is 0.339. The molecule has 1 aliphatic heterocycles. The van der Waals surface area contributed by atoms with Crippen LogP contribution in [0.25, 0.3) is 0 Å². The van der Waals surface area contributed by atoms with E-state index in [4.69, 9.17) is 21.4 Å². The highest BCUT2D eigenvalue weighted by Crippen LogP contribution is 2.31. The number of rotatable bonds is 3. The first kappa shape index (κ1) is 12.0. The second kappa shape index (κ2) is 4.20. The molecule has 1 N–H and O–H groups in total. The average molecular weight is 234 g/mol. The zero-order valence-corrected chi connectivity index (χ0v) is 9.41. The number of halogens is 1. The molecule has 0 saturated carbocycles. The molecule has 0 aliphatic carbocycles. The number of β-lactam (4-membered cyclic amide) rings is 1. The number of hydrogen-bond donors (Lipinski definition) is 1. The molecule has 0 aromatic rings. The van der Waals surface area contributed by atoms with Crippen molar-refractivity contribution < 1.29 is 19.4 Å². The van der Waals surface area contributed by atoms with Crippen molar-refractivity contribution in [2.45, 2.75) is 25.5 Å². The Hall–Kier alpha value is -1.07. The minimum Gasteiger partial charge on any atom is -0.477 e. The topological polar surface area (TPSA) is 66.8 Å². The van der Waals surface area contributed by atoms with Gasteiger partial charge < -0.3 is 9.84 Å². The van der Waals surface area contributed by atoms with E-state index in [0.29, 0.717) is 5.57 Å². The van der Waals surface area contributed by atoms with Crippen molar-refractivity contribution >= 4 is 23.5 Å². The van der Waals surface area contributed by atoms with E-state index in [-0.39, 0.29) is 5.70 Å². The number of hydrogen-bond acceptors (Lipinski definition) is 3. The van der Waals surface area contributed by atoms with Crippen LogP contribution in [-0.4, -0.2) is 40.6 Å². The van der Waals surface area contributed by atoms with Gasteiger partial charge in [0.15, 0.2) is 6.10 Å². The maximum Gasteiger partial charge on any atom is 0.352 e. The summed E-state index contributed by atoms with van der Waals surface area (Å²) in [5, 5.41) is 8.92. The lowest BCUT2D eigenvalue weighted by molar-refractivity contribution is -0.162. The summed E-state index contributed by atoms with van der Waals surface area (Å²) in [5.41, 5.74) is -0.298. The fourth-order valence-corrected chi connectivity index (χ4v) is 1.84. The van der Waals surface area contributed by atoms with Crippen LogP contribution in [0.1, 0.15) is 13.8 Å². The second-order valence-corrected chi connectivity index (χ2v) is 3.84. The first-order valence-electron chi connectivity index (χ1n) is 4.32. The third kappa shape index (κ3) is 1.85. The van der Waals surface area contributed by atoms with E-state index in [1.165, 1.54) is 7.11 Å². The third-order valence-corrected chi connectivity index (χ3v) is 2.57. The molecular weight excluding hydrogens is 222 g/mol. The zero-order valence-electron chi connectivity index (χ0n) is 8.65. The lowest BCUT2D eigenvalue weighted by Crippen LogP contribution is -2.63. The average Bonchev–Trinajstić information content (AvgIpc) is 2.13. The van der Waals surface area contributed by atoms with Gasteiger partial charge in [0.25, 0.3) is 5.91 Å². The van der Waals surface area contributed by atoms with Gasteiger partial charge in [0.05, 0.1) is 0 Å². The number of carboxylic acid groups (broad SMARTS) is 1. The predicted molar refractivity (Wildman–Crippen MR) is 53.3 cm³/mol. The fraction of sp³-hybridized carbons (Fsp3) is 0.556. The van der Waals surface area contributed by atoms with Crippen LogP contribution in [0.3, 0.4) is 0 Å². The summed E-state index contributed by atoms with van der Waals surface area (Å²) in [6, 6.07) is 0. The first-order valence-corrected chi connectivity index (χ1v) is 4.76. The van der Waals surface area contributed by atoms with E-state index in [9.17, 15) is 9.59 Å².